The number of thiophene rings is 1. The number of carbonyl (C=O) groups excluding carboxylic acids is 2. The van der Waals surface area contributed by atoms with Gasteiger partial charge in [-0.15, -0.1) is 11.3 Å². The average molecular weight is 411 g/mol. The Kier molecular flexibility index (Phi) is 4.90. The molecule has 3 aromatic rings. The number of hydrogen-bond acceptors (Lipinski definition) is 5. The molecule has 28 heavy (non-hydrogen) atoms. The number of benzene rings is 2. The first kappa shape index (κ1) is 18.3. The van der Waals surface area contributed by atoms with Crippen molar-refractivity contribution in [3.05, 3.63) is 81.6 Å². The fourth-order valence-corrected chi connectivity index (χ4v) is 3.94. The highest BCUT2D eigenvalue weighted by Gasteiger charge is 2.40. The molecule has 0 saturated carbocycles. The van der Waals surface area contributed by atoms with E-state index in [2.05, 4.69) is 5.32 Å². The highest BCUT2D eigenvalue weighted by Crippen LogP contribution is 2.36. The predicted molar refractivity (Wildman–Crippen MR) is 112 cm³/mol. The zero-order valence-electron chi connectivity index (χ0n) is 14.8. The Hall–Kier alpha value is -3.09. The molecule has 1 N–H and O–H groups in total. The summed E-state index contributed by atoms with van der Waals surface area (Å²) >= 11 is 7.46. The summed E-state index contributed by atoms with van der Waals surface area (Å²) in [5.74, 6) is -0.176. The standard InChI is InChI=1S/C21H15ClN2O3S/c1-27-16-8-3-6-14(12-16)23-19-18(17-9-4-10-28-17)20(25)24(21(19)26)15-7-2-5-13(22)11-15/h2-12,23H,1H3. The van der Waals surface area contributed by atoms with Crippen molar-refractivity contribution in [1.82, 2.24) is 0 Å². The van der Waals surface area contributed by atoms with Gasteiger partial charge in [-0.25, -0.2) is 4.90 Å². The molecule has 0 saturated heterocycles. The van der Waals surface area contributed by atoms with Crippen LogP contribution in [0.4, 0.5) is 11.4 Å². The van der Waals surface area contributed by atoms with Gasteiger partial charge in [-0.05, 0) is 41.8 Å². The number of anilines is 2. The van der Waals surface area contributed by atoms with Crippen LogP contribution in [-0.2, 0) is 9.59 Å². The Morgan fingerprint density at radius 1 is 1.00 bits per heavy atom. The maximum atomic E-state index is 13.2. The van der Waals surface area contributed by atoms with Gasteiger partial charge < -0.3 is 10.1 Å². The summed E-state index contributed by atoms with van der Waals surface area (Å²) in [5, 5.41) is 5.43. The molecule has 140 valence electrons. The Morgan fingerprint density at radius 3 is 2.54 bits per heavy atom. The van der Waals surface area contributed by atoms with Gasteiger partial charge in [0, 0.05) is 21.7 Å². The molecule has 0 bridgehead atoms. The minimum atomic E-state index is -0.432. The topological polar surface area (TPSA) is 58.6 Å². The van der Waals surface area contributed by atoms with E-state index in [1.165, 1.54) is 11.3 Å². The van der Waals surface area contributed by atoms with E-state index in [0.29, 0.717) is 32.6 Å². The van der Waals surface area contributed by atoms with Gasteiger partial charge in [0.15, 0.2) is 0 Å². The zero-order chi connectivity index (χ0) is 19.7. The third kappa shape index (κ3) is 3.28. The van der Waals surface area contributed by atoms with E-state index in [1.807, 2.05) is 23.6 Å². The van der Waals surface area contributed by atoms with E-state index in [4.69, 9.17) is 16.3 Å². The summed E-state index contributed by atoms with van der Waals surface area (Å²) in [7, 11) is 1.57. The monoisotopic (exact) mass is 410 g/mol. The Morgan fingerprint density at radius 2 is 1.82 bits per heavy atom. The molecule has 4 rings (SSSR count). The third-order valence-electron chi connectivity index (χ3n) is 4.26. The van der Waals surface area contributed by atoms with Gasteiger partial charge in [0.1, 0.15) is 11.4 Å². The molecule has 1 aliphatic rings. The number of imide groups is 1. The van der Waals surface area contributed by atoms with Crippen LogP contribution in [0.25, 0.3) is 5.57 Å². The number of ether oxygens (including phenoxy) is 1. The summed E-state index contributed by atoms with van der Waals surface area (Å²) in [4.78, 5) is 28.3. The molecule has 2 aromatic carbocycles. The molecule has 0 aliphatic carbocycles. The lowest BCUT2D eigenvalue weighted by atomic mass is 10.2. The summed E-state index contributed by atoms with van der Waals surface area (Å²) < 4.78 is 5.24. The lowest BCUT2D eigenvalue weighted by Crippen LogP contribution is -2.32. The number of nitrogens with zero attached hydrogens (tertiary/aromatic N) is 1. The number of methoxy groups -OCH3 is 1. The predicted octanol–water partition coefficient (Wildman–Crippen LogP) is 4.81. The molecular weight excluding hydrogens is 396 g/mol. The number of nitrogens with one attached hydrogen (secondary N) is 1. The van der Waals surface area contributed by atoms with Crippen LogP contribution in [-0.4, -0.2) is 18.9 Å². The van der Waals surface area contributed by atoms with Crippen molar-refractivity contribution in [2.75, 3.05) is 17.3 Å². The third-order valence-corrected chi connectivity index (χ3v) is 5.38. The fraction of sp³-hybridized carbons (Fsp3) is 0.0476. The number of halogens is 1. The second-order valence-electron chi connectivity index (χ2n) is 6.01. The zero-order valence-corrected chi connectivity index (χ0v) is 16.4. The Balaban J connectivity index is 1.79. The first-order valence-corrected chi connectivity index (χ1v) is 9.68. The quantitative estimate of drug-likeness (QED) is 0.613. The van der Waals surface area contributed by atoms with Crippen LogP contribution in [0.3, 0.4) is 0 Å². The van der Waals surface area contributed by atoms with E-state index in [1.54, 1.807) is 49.6 Å². The fourth-order valence-electron chi connectivity index (χ4n) is 2.99. The molecular formula is C21H15ClN2O3S. The first-order chi connectivity index (χ1) is 13.6. The average Bonchev–Trinajstić information content (AvgIpc) is 3.29. The van der Waals surface area contributed by atoms with E-state index in [0.717, 1.165) is 4.90 Å². The van der Waals surface area contributed by atoms with Gasteiger partial charge in [-0.3, -0.25) is 9.59 Å². The molecule has 1 aliphatic heterocycles. The molecule has 0 spiro atoms. The number of rotatable bonds is 5. The molecule has 2 heterocycles. The molecule has 0 fully saturated rings. The van der Waals surface area contributed by atoms with Gasteiger partial charge >= 0.3 is 0 Å². The largest absolute Gasteiger partial charge is 0.497 e. The number of hydrogen-bond donors (Lipinski definition) is 1. The minimum absolute atomic E-state index is 0.223. The molecule has 0 atom stereocenters. The van der Waals surface area contributed by atoms with Crippen LogP contribution in [0.15, 0.2) is 71.7 Å². The van der Waals surface area contributed by atoms with Crippen molar-refractivity contribution in [3.63, 3.8) is 0 Å². The van der Waals surface area contributed by atoms with Crippen molar-refractivity contribution in [2.45, 2.75) is 0 Å². The smallest absolute Gasteiger partial charge is 0.282 e. The summed E-state index contributed by atoms with van der Waals surface area (Å²) in [6.45, 7) is 0. The van der Waals surface area contributed by atoms with E-state index < -0.39 is 5.91 Å². The van der Waals surface area contributed by atoms with Crippen molar-refractivity contribution in [3.8, 4) is 5.75 Å². The lowest BCUT2D eigenvalue weighted by molar-refractivity contribution is -0.120. The Bertz CT molecular complexity index is 1090. The van der Waals surface area contributed by atoms with Crippen LogP contribution in [0.2, 0.25) is 5.02 Å². The minimum Gasteiger partial charge on any atom is -0.497 e. The number of carbonyl (C=O) groups is 2. The molecule has 0 unspecified atom stereocenters. The second kappa shape index (κ2) is 7.50. The summed E-state index contributed by atoms with van der Waals surface area (Å²) in [6, 6.07) is 17.5. The van der Waals surface area contributed by atoms with Gasteiger partial charge in [0.25, 0.3) is 11.8 Å². The molecule has 7 heteroatoms. The lowest BCUT2D eigenvalue weighted by Gasteiger charge is -2.15. The van der Waals surface area contributed by atoms with E-state index >= 15 is 0 Å². The van der Waals surface area contributed by atoms with Crippen molar-refractivity contribution in [2.24, 2.45) is 0 Å². The Labute approximate surface area is 170 Å². The van der Waals surface area contributed by atoms with Crippen LogP contribution in [0, 0.1) is 0 Å². The second-order valence-corrected chi connectivity index (χ2v) is 7.39. The highest BCUT2D eigenvalue weighted by molar-refractivity contribution is 7.11. The first-order valence-electron chi connectivity index (χ1n) is 8.42. The highest BCUT2D eigenvalue weighted by atomic mass is 35.5. The summed E-state index contributed by atoms with van der Waals surface area (Å²) in [6.07, 6.45) is 0. The maximum absolute atomic E-state index is 13.2. The van der Waals surface area contributed by atoms with Gasteiger partial charge in [-0.2, -0.15) is 0 Å². The summed E-state index contributed by atoms with van der Waals surface area (Å²) in [5.41, 5.74) is 1.64. The normalized spacial score (nSPS) is 14.0. The molecule has 2 amide bonds. The van der Waals surface area contributed by atoms with Crippen molar-refractivity contribution in [1.29, 1.82) is 0 Å². The van der Waals surface area contributed by atoms with Gasteiger partial charge in [0.2, 0.25) is 0 Å². The number of amides is 2. The van der Waals surface area contributed by atoms with Gasteiger partial charge in [0.05, 0.1) is 18.4 Å². The molecule has 1 aromatic heterocycles. The van der Waals surface area contributed by atoms with Crippen molar-refractivity contribution < 1.29 is 14.3 Å². The van der Waals surface area contributed by atoms with E-state index in [-0.39, 0.29) is 11.6 Å². The van der Waals surface area contributed by atoms with E-state index in [9.17, 15) is 9.59 Å². The molecule has 5 nitrogen and oxygen atoms in total. The van der Waals surface area contributed by atoms with Gasteiger partial charge in [-0.1, -0.05) is 29.8 Å². The van der Waals surface area contributed by atoms with Crippen molar-refractivity contribution >= 4 is 51.7 Å². The van der Waals surface area contributed by atoms with Crippen LogP contribution < -0.4 is 15.0 Å². The SMILES string of the molecule is COc1cccc(NC2=C(c3cccs3)C(=O)N(c3cccc(Cl)c3)C2=O)c1. The maximum Gasteiger partial charge on any atom is 0.282 e. The van der Waals surface area contributed by atoms with Crippen LogP contribution in [0.1, 0.15) is 4.88 Å². The molecule has 0 radical (unpaired) electrons. The van der Waals surface area contributed by atoms with Crippen LogP contribution in [0.5, 0.6) is 5.75 Å². The van der Waals surface area contributed by atoms with Crippen LogP contribution >= 0.6 is 22.9 Å².